The Bertz CT molecular complexity index is 802. The molecule has 2 aliphatic heterocycles. The fourth-order valence-corrected chi connectivity index (χ4v) is 5.67. The molecule has 3 fully saturated rings. The Morgan fingerprint density at radius 3 is 2.74 bits per heavy atom. The number of nitrogens with zero attached hydrogens (tertiary/aromatic N) is 3. The number of anilines is 1. The molecule has 2 N–H and O–H groups in total. The summed E-state index contributed by atoms with van der Waals surface area (Å²) in [5, 5.41) is 7.17. The van der Waals surface area contributed by atoms with E-state index in [9.17, 15) is 4.79 Å². The summed E-state index contributed by atoms with van der Waals surface area (Å²) in [4.78, 5) is 23.9. The lowest BCUT2D eigenvalue weighted by molar-refractivity contribution is -0.0533. The molecule has 1 amide bonds. The average Bonchev–Trinajstić information content (AvgIpc) is 2.87. The molecule has 0 bridgehead atoms. The fraction of sp³-hybridized carbons (Fsp3) is 0.800. The van der Waals surface area contributed by atoms with Crippen LogP contribution in [0.15, 0.2) is 6.33 Å². The lowest BCUT2D eigenvalue weighted by atomic mass is 9.82. The van der Waals surface area contributed by atoms with Crippen LogP contribution in [-0.2, 0) is 9.47 Å². The highest BCUT2D eigenvalue weighted by Crippen LogP contribution is 2.31. The number of aromatic nitrogens is 2. The van der Waals surface area contributed by atoms with Gasteiger partial charge >= 0.3 is 0 Å². The van der Waals surface area contributed by atoms with Gasteiger partial charge < -0.3 is 29.7 Å². The molecule has 9 nitrogen and oxygen atoms in total. The van der Waals surface area contributed by atoms with Crippen molar-refractivity contribution in [2.45, 2.75) is 70.1 Å². The van der Waals surface area contributed by atoms with E-state index in [1.54, 1.807) is 14.2 Å². The van der Waals surface area contributed by atoms with Crippen molar-refractivity contribution >= 4 is 11.7 Å². The van der Waals surface area contributed by atoms with E-state index in [2.05, 4.69) is 27.5 Å². The van der Waals surface area contributed by atoms with Crippen LogP contribution in [0.5, 0.6) is 5.75 Å². The number of likely N-dealkylation sites (tertiary alicyclic amines) is 1. The summed E-state index contributed by atoms with van der Waals surface area (Å²) in [6.07, 6.45) is 9.37. The smallest absolute Gasteiger partial charge is 0.276 e. The molecule has 190 valence electrons. The van der Waals surface area contributed by atoms with Gasteiger partial charge in [-0.05, 0) is 43.9 Å². The molecule has 4 rings (SSSR count). The molecule has 1 aromatic heterocycles. The van der Waals surface area contributed by atoms with Crippen LogP contribution in [-0.4, -0.2) is 86.0 Å². The van der Waals surface area contributed by atoms with Crippen molar-refractivity contribution in [1.82, 2.24) is 20.2 Å². The minimum atomic E-state index is -0.0899. The molecule has 3 aliphatic rings. The Balaban J connectivity index is 1.33. The Kier molecular flexibility index (Phi) is 8.97. The van der Waals surface area contributed by atoms with Crippen molar-refractivity contribution in [2.24, 2.45) is 11.8 Å². The Hall–Kier alpha value is -1.97. The molecular weight excluding hydrogens is 434 g/mol. The third-order valence-electron chi connectivity index (χ3n) is 7.65. The molecule has 1 aromatic rings. The molecule has 4 atom stereocenters. The highest BCUT2D eigenvalue weighted by atomic mass is 16.5. The van der Waals surface area contributed by atoms with E-state index in [1.165, 1.54) is 32.0 Å². The number of hydrogen-bond acceptors (Lipinski definition) is 8. The second-order valence-corrected chi connectivity index (χ2v) is 10.1. The first-order valence-electron chi connectivity index (χ1n) is 12.9. The van der Waals surface area contributed by atoms with E-state index in [0.29, 0.717) is 55.0 Å². The van der Waals surface area contributed by atoms with Gasteiger partial charge in [0, 0.05) is 45.4 Å². The summed E-state index contributed by atoms with van der Waals surface area (Å²) in [7, 11) is 3.32. The predicted octanol–water partition coefficient (Wildman–Crippen LogP) is 2.72. The van der Waals surface area contributed by atoms with Crippen LogP contribution in [0.1, 0.15) is 62.4 Å². The minimum Gasteiger partial charge on any atom is -0.491 e. The maximum Gasteiger partial charge on any atom is 0.276 e. The van der Waals surface area contributed by atoms with Gasteiger partial charge in [-0.15, -0.1) is 0 Å². The molecule has 1 saturated carbocycles. The highest BCUT2D eigenvalue weighted by molar-refractivity contribution is 5.96. The largest absolute Gasteiger partial charge is 0.491 e. The molecule has 3 heterocycles. The molecule has 1 aliphatic carbocycles. The van der Waals surface area contributed by atoms with E-state index >= 15 is 0 Å². The van der Waals surface area contributed by atoms with Gasteiger partial charge in [0.25, 0.3) is 5.91 Å². The average molecular weight is 476 g/mol. The number of piperidine rings is 1. The first-order valence-corrected chi connectivity index (χ1v) is 12.9. The van der Waals surface area contributed by atoms with Gasteiger partial charge in [-0.1, -0.05) is 19.8 Å². The molecule has 0 radical (unpaired) electrons. The lowest BCUT2D eigenvalue weighted by Crippen LogP contribution is -2.54. The SMILES string of the molecule is COc1c(NC[C@H]2CCC[C@@H](C)C2)ncnc1C(=O)N1CCC(NC2CCOCC2OC)CC1. The zero-order valence-corrected chi connectivity index (χ0v) is 20.9. The molecule has 0 spiro atoms. The van der Waals surface area contributed by atoms with Crippen molar-refractivity contribution in [3.8, 4) is 5.75 Å². The van der Waals surface area contributed by atoms with Gasteiger partial charge in [-0.25, -0.2) is 9.97 Å². The fourth-order valence-electron chi connectivity index (χ4n) is 5.67. The van der Waals surface area contributed by atoms with Crippen LogP contribution in [0.4, 0.5) is 5.82 Å². The second-order valence-electron chi connectivity index (χ2n) is 10.1. The summed E-state index contributed by atoms with van der Waals surface area (Å²) in [6.45, 7) is 5.94. The van der Waals surface area contributed by atoms with E-state index < -0.39 is 0 Å². The molecule has 0 aromatic carbocycles. The molecule has 2 saturated heterocycles. The Labute approximate surface area is 203 Å². The van der Waals surface area contributed by atoms with Crippen LogP contribution in [0.2, 0.25) is 0 Å². The monoisotopic (exact) mass is 475 g/mol. The van der Waals surface area contributed by atoms with Crippen LogP contribution in [0.25, 0.3) is 0 Å². The van der Waals surface area contributed by atoms with Gasteiger partial charge in [-0.3, -0.25) is 4.79 Å². The van der Waals surface area contributed by atoms with E-state index in [4.69, 9.17) is 14.2 Å². The van der Waals surface area contributed by atoms with Crippen molar-refractivity contribution in [2.75, 3.05) is 52.4 Å². The molecule has 2 unspecified atom stereocenters. The number of amides is 1. The predicted molar refractivity (Wildman–Crippen MR) is 130 cm³/mol. The highest BCUT2D eigenvalue weighted by Gasteiger charge is 2.32. The normalized spacial score (nSPS) is 28.5. The van der Waals surface area contributed by atoms with Crippen molar-refractivity contribution in [1.29, 1.82) is 0 Å². The Morgan fingerprint density at radius 2 is 2.00 bits per heavy atom. The van der Waals surface area contributed by atoms with E-state index in [1.807, 2.05) is 4.90 Å². The van der Waals surface area contributed by atoms with Gasteiger partial charge in [0.1, 0.15) is 6.33 Å². The van der Waals surface area contributed by atoms with Crippen LogP contribution in [0.3, 0.4) is 0 Å². The summed E-state index contributed by atoms with van der Waals surface area (Å²) < 4.78 is 16.7. The summed E-state index contributed by atoms with van der Waals surface area (Å²) >= 11 is 0. The Morgan fingerprint density at radius 1 is 1.18 bits per heavy atom. The number of carbonyl (C=O) groups is 1. The van der Waals surface area contributed by atoms with Gasteiger partial charge in [0.15, 0.2) is 17.3 Å². The van der Waals surface area contributed by atoms with Crippen LogP contribution in [0, 0.1) is 11.8 Å². The van der Waals surface area contributed by atoms with Gasteiger partial charge in [-0.2, -0.15) is 0 Å². The third kappa shape index (κ3) is 6.17. The number of carbonyl (C=O) groups excluding carboxylic acids is 1. The zero-order chi connectivity index (χ0) is 23.9. The van der Waals surface area contributed by atoms with Gasteiger partial charge in [0.2, 0.25) is 0 Å². The molecule has 9 heteroatoms. The van der Waals surface area contributed by atoms with Crippen molar-refractivity contribution < 1.29 is 19.0 Å². The quantitative estimate of drug-likeness (QED) is 0.592. The van der Waals surface area contributed by atoms with Crippen LogP contribution < -0.4 is 15.4 Å². The zero-order valence-electron chi connectivity index (χ0n) is 20.9. The number of rotatable bonds is 8. The number of hydrogen-bond donors (Lipinski definition) is 2. The molecular formula is C25H41N5O4. The second kappa shape index (κ2) is 12.1. The van der Waals surface area contributed by atoms with E-state index in [0.717, 1.165) is 38.3 Å². The van der Waals surface area contributed by atoms with Crippen LogP contribution >= 0.6 is 0 Å². The van der Waals surface area contributed by atoms with Crippen molar-refractivity contribution in [3.63, 3.8) is 0 Å². The lowest BCUT2D eigenvalue weighted by Gasteiger charge is -2.38. The minimum absolute atomic E-state index is 0.0847. The van der Waals surface area contributed by atoms with Crippen molar-refractivity contribution in [3.05, 3.63) is 12.0 Å². The maximum atomic E-state index is 13.3. The number of ether oxygens (including phenoxy) is 3. The van der Waals surface area contributed by atoms with E-state index in [-0.39, 0.29) is 12.0 Å². The first-order chi connectivity index (χ1) is 16.6. The third-order valence-corrected chi connectivity index (χ3v) is 7.65. The summed E-state index contributed by atoms with van der Waals surface area (Å²) in [5.74, 6) is 2.37. The number of nitrogens with one attached hydrogen (secondary N) is 2. The number of methoxy groups -OCH3 is 2. The van der Waals surface area contributed by atoms with Gasteiger partial charge in [0.05, 0.1) is 19.8 Å². The summed E-state index contributed by atoms with van der Waals surface area (Å²) in [6, 6.07) is 0.668. The maximum absolute atomic E-state index is 13.3. The topological polar surface area (TPSA) is 97.8 Å². The standard InChI is InChI=1S/C25H41N5O4/c1-17-5-4-6-18(13-17)14-26-24-23(33-3)22(27-16-28-24)25(31)30-10-7-19(8-11-30)29-20-9-12-34-15-21(20)32-2/h16-21,29H,4-15H2,1-3H3,(H,26,27,28)/t17-,18+,20?,21?/m1/s1. The molecule has 34 heavy (non-hydrogen) atoms. The summed E-state index contributed by atoms with van der Waals surface area (Å²) in [5.41, 5.74) is 0.340. The first kappa shape index (κ1) is 25.1.